The van der Waals surface area contributed by atoms with Crippen molar-refractivity contribution in [2.24, 2.45) is 0 Å². The highest BCUT2D eigenvalue weighted by Crippen LogP contribution is 2.22. The zero-order chi connectivity index (χ0) is 20.6. The van der Waals surface area contributed by atoms with E-state index in [-0.39, 0.29) is 6.61 Å². The smallest absolute Gasteiger partial charge is 0.331 e. The molecule has 0 aliphatic heterocycles. The predicted molar refractivity (Wildman–Crippen MR) is 111 cm³/mol. The van der Waals surface area contributed by atoms with Gasteiger partial charge in [0.2, 0.25) is 5.82 Å². The summed E-state index contributed by atoms with van der Waals surface area (Å²) in [6.07, 6.45) is 4.75. The first-order chi connectivity index (χ1) is 14.8. The van der Waals surface area contributed by atoms with E-state index in [2.05, 4.69) is 15.1 Å². The molecule has 0 amide bonds. The minimum Gasteiger partial charge on any atom is -0.487 e. The molecule has 0 saturated heterocycles. The molecule has 30 heavy (non-hydrogen) atoms. The molecule has 4 rings (SSSR count). The Kier molecular flexibility index (Phi) is 6.26. The summed E-state index contributed by atoms with van der Waals surface area (Å²) >= 11 is 1.50. The maximum Gasteiger partial charge on any atom is 0.331 e. The van der Waals surface area contributed by atoms with Crippen LogP contribution in [-0.2, 0) is 22.7 Å². The molecule has 0 saturated carbocycles. The zero-order valence-electron chi connectivity index (χ0n) is 15.8. The summed E-state index contributed by atoms with van der Waals surface area (Å²) in [6, 6.07) is 16.8. The lowest BCUT2D eigenvalue weighted by molar-refractivity contribution is -0.139. The third-order valence-electron chi connectivity index (χ3n) is 3.95. The van der Waals surface area contributed by atoms with Gasteiger partial charge in [0.25, 0.3) is 5.89 Å². The van der Waals surface area contributed by atoms with Gasteiger partial charge in [-0.1, -0.05) is 29.4 Å². The molecular formula is C22H17N3O4S. The first-order valence-corrected chi connectivity index (χ1v) is 9.98. The standard InChI is InChI=1S/C22H17N3O4S/c26-21(28-15-20-24-22(29-25-20)19-5-3-13-30-19)11-8-16-6-9-18(10-7-16)27-14-17-4-1-2-12-23-17/h1-13H,14-15H2/b11-8+. The molecular weight excluding hydrogens is 402 g/mol. The molecule has 150 valence electrons. The predicted octanol–water partition coefficient (Wildman–Crippen LogP) is 4.53. The summed E-state index contributed by atoms with van der Waals surface area (Å²) in [5.41, 5.74) is 1.70. The van der Waals surface area contributed by atoms with Crippen molar-refractivity contribution in [1.82, 2.24) is 15.1 Å². The van der Waals surface area contributed by atoms with Crippen LogP contribution in [0.1, 0.15) is 17.1 Å². The highest BCUT2D eigenvalue weighted by atomic mass is 32.1. The molecule has 1 aromatic carbocycles. The fourth-order valence-electron chi connectivity index (χ4n) is 2.48. The van der Waals surface area contributed by atoms with Crippen LogP contribution in [0, 0.1) is 0 Å². The largest absolute Gasteiger partial charge is 0.487 e. The number of carbonyl (C=O) groups excluding carboxylic acids is 1. The lowest BCUT2D eigenvalue weighted by Crippen LogP contribution is -2.02. The lowest BCUT2D eigenvalue weighted by atomic mass is 10.2. The van der Waals surface area contributed by atoms with Crippen LogP contribution in [0.3, 0.4) is 0 Å². The van der Waals surface area contributed by atoms with Crippen LogP contribution >= 0.6 is 11.3 Å². The summed E-state index contributed by atoms with van der Waals surface area (Å²) in [7, 11) is 0. The summed E-state index contributed by atoms with van der Waals surface area (Å²) in [5, 5.41) is 5.73. The van der Waals surface area contributed by atoms with Gasteiger partial charge in [0.05, 0.1) is 10.6 Å². The van der Waals surface area contributed by atoms with Gasteiger partial charge in [-0.2, -0.15) is 4.98 Å². The number of nitrogens with zero attached hydrogens (tertiary/aromatic N) is 3. The van der Waals surface area contributed by atoms with Gasteiger partial charge in [-0.15, -0.1) is 11.3 Å². The van der Waals surface area contributed by atoms with E-state index < -0.39 is 5.97 Å². The van der Waals surface area contributed by atoms with Crippen molar-refractivity contribution in [3.05, 3.63) is 89.3 Å². The fourth-order valence-corrected chi connectivity index (χ4v) is 3.12. The molecule has 0 fully saturated rings. The maximum absolute atomic E-state index is 11.9. The van der Waals surface area contributed by atoms with Crippen LogP contribution in [0.5, 0.6) is 5.75 Å². The van der Waals surface area contributed by atoms with Gasteiger partial charge < -0.3 is 14.0 Å². The number of benzene rings is 1. The summed E-state index contributed by atoms with van der Waals surface area (Å²) in [6.45, 7) is 0.338. The second-order valence-corrected chi connectivity index (χ2v) is 7.06. The maximum atomic E-state index is 11.9. The minimum absolute atomic E-state index is 0.0572. The normalized spacial score (nSPS) is 10.9. The Balaban J connectivity index is 1.24. The molecule has 4 aromatic rings. The van der Waals surface area contributed by atoms with Gasteiger partial charge in [0.15, 0.2) is 6.61 Å². The van der Waals surface area contributed by atoms with Gasteiger partial charge in [0, 0.05) is 12.3 Å². The average Bonchev–Trinajstić information content (AvgIpc) is 3.48. The number of aromatic nitrogens is 3. The van der Waals surface area contributed by atoms with Crippen LogP contribution in [0.25, 0.3) is 16.8 Å². The zero-order valence-corrected chi connectivity index (χ0v) is 16.6. The number of esters is 1. The highest BCUT2D eigenvalue weighted by Gasteiger charge is 2.10. The third-order valence-corrected chi connectivity index (χ3v) is 4.81. The van der Waals surface area contributed by atoms with Crippen LogP contribution in [0.15, 0.2) is 76.8 Å². The highest BCUT2D eigenvalue weighted by molar-refractivity contribution is 7.13. The number of thiophene rings is 1. The number of hydrogen-bond acceptors (Lipinski definition) is 8. The van der Waals surface area contributed by atoms with Crippen molar-refractivity contribution in [2.45, 2.75) is 13.2 Å². The molecule has 0 aliphatic rings. The lowest BCUT2D eigenvalue weighted by Gasteiger charge is -2.05. The Hall–Kier alpha value is -3.78. The Morgan fingerprint density at radius 3 is 2.73 bits per heavy atom. The monoisotopic (exact) mass is 419 g/mol. The number of ether oxygens (including phenoxy) is 2. The molecule has 0 aliphatic carbocycles. The quantitative estimate of drug-likeness (QED) is 0.306. The van der Waals surface area contributed by atoms with Gasteiger partial charge >= 0.3 is 5.97 Å². The molecule has 3 aromatic heterocycles. The number of rotatable bonds is 8. The number of hydrogen-bond donors (Lipinski definition) is 0. The molecule has 0 bridgehead atoms. The first-order valence-electron chi connectivity index (χ1n) is 9.10. The molecule has 7 nitrogen and oxygen atoms in total. The first kappa shape index (κ1) is 19.5. The fraction of sp³-hybridized carbons (Fsp3) is 0.0909. The average molecular weight is 419 g/mol. The molecule has 8 heteroatoms. The summed E-state index contributed by atoms with van der Waals surface area (Å²) < 4.78 is 16.0. The van der Waals surface area contributed by atoms with Crippen molar-refractivity contribution >= 4 is 23.4 Å². The van der Waals surface area contributed by atoms with Crippen LogP contribution < -0.4 is 4.74 Å². The van der Waals surface area contributed by atoms with Gasteiger partial charge in [-0.25, -0.2) is 4.79 Å². The molecule has 0 spiro atoms. The second kappa shape index (κ2) is 9.62. The Morgan fingerprint density at radius 1 is 1.07 bits per heavy atom. The minimum atomic E-state index is -0.493. The molecule has 0 atom stereocenters. The summed E-state index contributed by atoms with van der Waals surface area (Å²) in [5.74, 6) is 0.957. The number of carbonyl (C=O) groups is 1. The number of pyridine rings is 1. The molecule has 0 radical (unpaired) electrons. The van der Waals surface area contributed by atoms with E-state index in [1.54, 1.807) is 12.3 Å². The SMILES string of the molecule is O=C(/C=C/c1ccc(OCc2ccccn2)cc1)OCc1noc(-c2cccs2)n1. The van der Waals surface area contributed by atoms with Crippen LogP contribution in [-0.4, -0.2) is 21.1 Å². The van der Waals surface area contributed by atoms with E-state index in [0.29, 0.717) is 18.3 Å². The van der Waals surface area contributed by atoms with Gasteiger partial charge in [-0.3, -0.25) is 4.98 Å². The van der Waals surface area contributed by atoms with Crippen LogP contribution in [0.4, 0.5) is 0 Å². The molecule has 0 unspecified atom stereocenters. The van der Waals surface area contributed by atoms with Gasteiger partial charge in [0.1, 0.15) is 12.4 Å². The van der Waals surface area contributed by atoms with Crippen molar-refractivity contribution in [3.8, 4) is 16.5 Å². The Labute approximate surface area is 176 Å². The van der Waals surface area contributed by atoms with Crippen molar-refractivity contribution in [2.75, 3.05) is 0 Å². The van der Waals surface area contributed by atoms with E-state index in [9.17, 15) is 4.79 Å². The van der Waals surface area contributed by atoms with E-state index >= 15 is 0 Å². The summed E-state index contributed by atoms with van der Waals surface area (Å²) in [4.78, 5) is 21.2. The van der Waals surface area contributed by atoms with E-state index in [0.717, 1.165) is 21.9 Å². The van der Waals surface area contributed by atoms with Gasteiger partial charge in [-0.05, 0) is 47.4 Å². The van der Waals surface area contributed by atoms with E-state index in [1.165, 1.54) is 17.4 Å². The van der Waals surface area contributed by atoms with E-state index in [4.69, 9.17) is 14.0 Å². The van der Waals surface area contributed by atoms with Crippen LogP contribution in [0.2, 0.25) is 0 Å². The van der Waals surface area contributed by atoms with Crippen molar-refractivity contribution < 1.29 is 18.8 Å². The topological polar surface area (TPSA) is 87.3 Å². The van der Waals surface area contributed by atoms with Crippen molar-refractivity contribution in [1.29, 1.82) is 0 Å². The van der Waals surface area contributed by atoms with E-state index in [1.807, 2.05) is 60.0 Å². The second-order valence-electron chi connectivity index (χ2n) is 6.11. The third kappa shape index (κ3) is 5.39. The molecule has 3 heterocycles. The Morgan fingerprint density at radius 2 is 1.97 bits per heavy atom. The Bertz CT molecular complexity index is 1110. The molecule has 0 N–H and O–H groups in total. The van der Waals surface area contributed by atoms with Crippen molar-refractivity contribution in [3.63, 3.8) is 0 Å².